The van der Waals surface area contributed by atoms with Gasteiger partial charge in [-0.25, -0.2) is 9.37 Å². The van der Waals surface area contributed by atoms with Gasteiger partial charge in [-0.15, -0.1) is 0 Å². The first-order valence-electron chi connectivity index (χ1n) is 8.89. The summed E-state index contributed by atoms with van der Waals surface area (Å²) in [6, 6.07) is 21.2. The van der Waals surface area contributed by atoms with E-state index in [-0.39, 0.29) is 17.8 Å². The van der Waals surface area contributed by atoms with Gasteiger partial charge in [0.25, 0.3) is 5.91 Å². The zero-order chi connectivity index (χ0) is 18.6. The molecule has 0 aliphatic carbocycles. The van der Waals surface area contributed by atoms with Crippen LogP contribution in [0.1, 0.15) is 22.2 Å². The number of morpholine rings is 1. The van der Waals surface area contributed by atoms with E-state index in [9.17, 15) is 9.18 Å². The van der Waals surface area contributed by atoms with Gasteiger partial charge in [0.1, 0.15) is 11.9 Å². The second kappa shape index (κ2) is 7.68. The average Bonchev–Trinajstić information content (AvgIpc) is 2.74. The lowest BCUT2D eigenvalue weighted by Crippen LogP contribution is -2.42. The van der Waals surface area contributed by atoms with E-state index in [1.165, 1.54) is 12.1 Å². The van der Waals surface area contributed by atoms with Gasteiger partial charge in [0.05, 0.1) is 24.5 Å². The molecular formula is C22H19FN2O2. The molecule has 0 unspecified atom stereocenters. The monoisotopic (exact) mass is 362 g/mol. The number of amides is 1. The van der Waals surface area contributed by atoms with Crippen LogP contribution in [0.5, 0.6) is 0 Å². The molecule has 1 aliphatic heterocycles. The Balaban J connectivity index is 1.55. The highest BCUT2D eigenvalue weighted by atomic mass is 19.1. The summed E-state index contributed by atoms with van der Waals surface area (Å²) in [4.78, 5) is 19.1. The highest BCUT2D eigenvalue weighted by Gasteiger charge is 2.27. The third-order valence-electron chi connectivity index (χ3n) is 4.60. The minimum Gasteiger partial charge on any atom is -0.368 e. The van der Waals surface area contributed by atoms with E-state index in [4.69, 9.17) is 4.74 Å². The van der Waals surface area contributed by atoms with E-state index >= 15 is 0 Å². The van der Waals surface area contributed by atoms with E-state index in [0.29, 0.717) is 36.5 Å². The molecule has 4 rings (SSSR count). The van der Waals surface area contributed by atoms with Crippen LogP contribution >= 0.6 is 0 Å². The van der Waals surface area contributed by atoms with E-state index in [1.54, 1.807) is 11.0 Å². The third kappa shape index (κ3) is 3.88. The normalized spacial score (nSPS) is 16.9. The Bertz CT molecular complexity index is 946. The minimum atomic E-state index is -0.306. The number of hydrogen-bond acceptors (Lipinski definition) is 3. The van der Waals surface area contributed by atoms with Gasteiger partial charge >= 0.3 is 0 Å². The van der Waals surface area contributed by atoms with Crippen molar-refractivity contribution in [3.63, 3.8) is 0 Å². The molecule has 2 aromatic carbocycles. The van der Waals surface area contributed by atoms with Gasteiger partial charge < -0.3 is 9.64 Å². The molecule has 136 valence electrons. The van der Waals surface area contributed by atoms with Crippen LogP contribution in [0.3, 0.4) is 0 Å². The third-order valence-corrected chi connectivity index (χ3v) is 4.60. The Hall–Kier alpha value is -3.05. The molecule has 1 aliphatic rings. The molecule has 4 nitrogen and oxygen atoms in total. The van der Waals surface area contributed by atoms with Crippen molar-refractivity contribution in [2.45, 2.75) is 6.10 Å². The number of halogens is 1. The highest BCUT2D eigenvalue weighted by molar-refractivity contribution is 5.94. The van der Waals surface area contributed by atoms with Crippen LogP contribution in [0, 0.1) is 5.82 Å². The Morgan fingerprint density at radius 3 is 2.67 bits per heavy atom. The number of nitrogens with zero attached hydrogens (tertiary/aromatic N) is 2. The quantitative estimate of drug-likeness (QED) is 0.704. The van der Waals surface area contributed by atoms with Crippen molar-refractivity contribution in [1.29, 1.82) is 0 Å². The zero-order valence-corrected chi connectivity index (χ0v) is 14.7. The smallest absolute Gasteiger partial charge is 0.254 e. The molecule has 1 amide bonds. The maximum absolute atomic E-state index is 13.5. The number of rotatable bonds is 3. The lowest BCUT2D eigenvalue weighted by molar-refractivity contribution is -0.0246. The molecule has 1 fully saturated rings. The second-order valence-electron chi connectivity index (χ2n) is 6.43. The maximum atomic E-state index is 13.5. The van der Waals surface area contributed by atoms with Gasteiger partial charge in [-0.05, 0) is 36.4 Å². The summed E-state index contributed by atoms with van der Waals surface area (Å²) in [6.07, 6.45) is -0.306. The number of ether oxygens (including phenoxy) is 1. The van der Waals surface area contributed by atoms with Crippen molar-refractivity contribution >= 4 is 5.91 Å². The fourth-order valence-corrected chi connectivity index (χ4v) is 3.22. The molecule has 1 aromatic heterocycles. The van der Waals surface area contributed by atoms with Gasteiger partial charge in [-0.3, -0.25) is 4.79 Å². The molecule has 27 heavy (non-hydrogen) atoms. The van der Waals surface area contributed by atoms with E-state index in [1.807, 2.05) is 54.6 Å². The van der Waals surface area contributed by atoms with E-state index in [2.05, 4.69) is 4.98 Å². The number of carbonyl (C=O) groups is 1. The van der Waals surface area contributed by atoms with Crippen LogP contribution in [-0.4, -0.2) is 35.5 Å². The molecule has 0 spiro atoms. The number of benzene rings is 2. The summed E-state index contributed by atoms with van der Waals surface area (Å²) < 4.78 is 19.4. The predicted molar refractivity (Wildman–Crippen MR) is 101 cm³/mol. The van der Waals surface area contributed by atoms with Gasteiger partial charge in [-0.2, -0.15) is 0 Å². The number of aromatic nitrogens is 1. The molecule has 0 bridgehead atoms. The van der Waals surface area contributed by atoms with E-state index < -0.39 is 0 Å². The van der Waals surface area contributed by atoms with Gasteiger partial charge in [-0.1, -0.05) is 36.4 Å². The molecule has 5 heteroatoms. The standard InChI is InChI=1S/C22H19FN2O2/c23-18-9-4-8-17(14-18)19-10-5-11-20(24-19)21-15-25(12-13-27-21)22(26)16-6-2-1-3-7-16/h1-11,14,21H,12-13,15H2/t21-/m1/s1. The first-order valence-corrected chi connectivity index (χ1v) is 8.89. The molecule has 3 aromatic rings. The lowest BCUT2D eigenvalue weighted by Gasteiger charge is -2.33. The van der Waals surface area contributed by atoms with E-state index in [0.717, 1.165) is 5.69 Å². The van der Waals surface area contributed by atoms with Crippen LogP contribution in [0.4, 0.5) is 4.39 Å². The first-order chi connectivity index (χ1) is 13.2. The van der Waals surface area contributed by atoms with Gasteiger partial charge in [0, 0.05) is 17.7 Å². The molecule has 0 saturated carbocycles. The number of pyridine rings is 1. The molecule has 0 radical (unpaired) electrons. The fraction of sp³-hybridized carbons (Fsp3) is 0.182. The Morgan fingerprint density at radius 1 is 1.04 bits per heavy atom. The van der Waals surface area contributed by atoms with Crippen molar-refractivity contribution in [3.8, 4) is 11.3 Å². The summed E-state index contributed by atoms with van der Waals surface area (Å²) >= 11 is 0. The van der Waals surface area contributed by atoms with Crippen LogP contribution in [-0.2, 0) is 4.74 Å². The maximum Gasteiger partial charge on any atom is 0.254 e. The topological polar surface area (TPSA) is 42.4 Å². The fourth-order valence-electron chi connectivity index (χ4n) is 3.22. The Labute approximate surface area is 157 Å². The van der Waals surface area contributed by atoms with Crippen molar-refractivity contribution in [2.24, 2.45) is 0 Å². The van der Waals surface area contributed by atoms with Crippen LogP contribution in [0.2, 0.25) is 0 Å². The number of carbonyl (C=O) groups excluding carboxylic acids is 1. The van der Waals surface area contributed by atoms with Crippen molar-refractivity contribution in [1.82, 2.24) is 9.88 Å². The van der Waals surface area contributed by atoms with Gasteiger partial charge in [0.15, 0.2) is 0 Å². The van der Waals surface area contributed by atoms with Crippen molar-refractivity contribution < 1.29 is 13.9 Å². The molecule has 1 atom stereocenters. The Kier molecular flexibility index (Phi) is 4.94. The predicted octanol–water partition coefficient (Wildman–Crippen LogP) is 4.10. The molecular weight excluding hydrogens is 343 g/mol. The summed E-state index contributed by atoms with van der Waals surface area (Å²) in [5, 5.41) is 0. The minimum absolute atomic E-state index is 0.00909. The van der Waals surface area contributed by atoms with Gasteiger partial charge in [0.2, 0.25) is 0 Å². The molecule has 2 heterocycles. The largest absolute Gasteiger partial charge is 0.368 e. The lowest BCUT2D eigenvalue weighted by atomic mass is 10.1. The molecule has 0 N–H and O–H groups in total. The van der Waals surface area contributed by atoms with Crippen LogP contribution in [0.15, 0.2) is 72.8 Å². The van der Waals surface area contributed by atoms with Crippen molar-refractivity contribution in [3.05, 3.63) is 89.9 Å². The zero-order valence-electron chi connectivity index (χ0n) is 14.7. The SMILES string of the molecule is O=C(c1ccccc1)N1CCO[C@@H](c2cccc(-c3cccc(F)c3)n2)C1. The first kappa shape index (κ1) is 17.4. The molecule has 1 saturated heterocycles. The van der Waals surface area contributed by atoms with Crippen LogP contribution in [0.25, 0.3) is 11.3 Å². The summed E-state index contributed by atoms with van der Waals surface area (Å²) in [7, 11) is 0. The van der Waals surface area contributed by atoms with Crippen LogP contribution < -0.4 is 0 Å². The Morgan fingerprint density at radius 2 is 1.85 bits per heavy atom. The number of hydrogen-bond donors (Lipinski definition) is 0. The summed E-state index contributed by atoms with van der Waals surface area (Å²) in [5.74, 6) is -0.307. The summed E-state index contributed by atoms with van der Waals surface area (Å²) in [5.41, 5.74) is 2.80. The average molecular weight is 362 g/mol. The summed E-state index contributed by atoms with van der Waals surface area (Å²) in [6.45, 7) is 1.44. The highest BCUT2D eigenvalue weighted by Crippen LogP contribution is 2.25. The van der Waals surface area contributed by atoms with Crippen molar-refractivity contribution in [2.75, 3.05) is 19.7 Å². The second-order valence-corrected chi connectivity index (χ2v) is 6.43.